The molecule has 3 aromatic carbocycles. The summed E-state index contributed by atoms with van der Waals surface area (Å²) >= 11 is 0. The van der Waals surface area contributed by atoms with Gasteiger partial charge in [-0.25, -0.2) is 13.2 Å². The van der Waals surface area contributed by atoms with E-state index in [1.807, 2.05) is 0 Å². The fourth-order valence-corrected chi connectivity index (χ4v) is 7.04. The minimum atomic E-state index is -1.32. The van der Waals surface area contributed by atoms with Crippen molar-refractivity contribution in [2.24, 2.45) is 17.8 Å². The highest BCUT2D eigenvalue weighted by Crippen LogP contribution is 2.45. The average Bonchev–Trinajstić information content (AvgIpc) is 2.98. The zero-order chi connectivity index (χ0) is 28.2. The minimum absolute atomic E-state index is 0.0168. The maximum atomic E-state index is 15.3. The van der Waals surface area contributed by atoms with E-state index in [1.54, 1.807) is 24.3 Å². The first kappa shape index (κ1) is 28.4. The van der Waals surface area contributed by atoms with Crippen LogP contribution in [0.5, 0.6) is 5.75 Å². The van der Waals surface area contributed by atoms with Gasteiger partial charge in [0.25, 0.3) is 0 Å². The summed E-state index contributed by atoms with van der Waals surface area (Å²) < 4.78 is 58.7. The third-order valence-electron chi connectivity index (χ3n) is 9.43. The van der Waals surface area contributed by atoms with Crippen molar-refractivity contribution in [1.82, 2.24) is 0 Å². The van der Waals surface area contributed by atoms with Gasteiger partial charge in [0.1, 0.15) is 0 Å². The standard InChI is InChI=1S/C35H38F4O/c1-2-3-4-5-22-6-8-23(9-7-22)24-10-12-25(13-11-24)28-18-19-29(33(37)32(28)36)26-14-16-27(17-15-26)30-20-21-31(40)35(39)34(30)38/h2-3,14-25,40H,4-13H2,1H3/b3-2+. The quantitative estimate of drug-likeness (QED) is 0.229. The minimum Gasteiger partial charge on any atom is -0.505 e. The van der Waals surface area contributed by atoms with E-state index < -0.39 is 29.0 Å². The summed E-state index contributed by atoms with van der Waals surface area (Å²) in [6.07, 6.45) is 16.1. The van der Waals surface area contributed by atoms with Crippen LogP contribution in [0.2, 0.25) is 0 Å². The van der Waals surface area contributed by atoms with E-state index in [1.165, 1.54) is 56.7 Å². The molecule has 5 heteroatoms. The number of phenols is 1. The first-order chi connectivity index (χ1) is 19.4. The molecule has 0 heterocycles. The number of benzene rings is 3. The summed E-state index contributed by atoms with van der Waals surface area (Å²) in [6.45, 7) is 2.08. The van der Waals surface area contributed by atoms with Gasteiger partial charge in [-0.15, -0.1) is 0 Å². The van der Waals surface area contributed by atoms with Crippen molar-refractivity contribution >= 4 is 0 Å². The maximum Gasteiger partial charge on any atom is 0.200 e. The normalized spacial score (nSPS) is 23.5. The Hall–Kier alpha value is -3.08. The van der Waals surface area contributed by atoms with Crippen molar-refractivity contribution in [2.45, 2.75) is 77.0 Å². The van der Waals surface area contributed by atoms with Crippen LogP contribution in [0.3, 0.4) is 0 Å². The molecule has 212 valence electrons. The van der Waals surface area contributed by atoms with E-state index >= 15 is 8.78 Å². The molecule has 0 amide bonds. The van der Waals surface area contributed by atoms with Crippen LogP contribution in [-0.2, 0) is 0 Å². The largest absolute Gasteiger partial charge is 0.505 e. The van der Waals surface area contributed by atoms with E-state index in [-0.39, 0.29) is 17.0 Å². The molecular weight excluding hydrogens is 512 g/mol. The van der Waals surface area contributed by atoms with Crippen LogP contribution in [0.25, 0.3) is 22.3 Å². The van der Waals surface area contributed by atoms with Crippen molar-refractivity contribution in [3.63, 3.8) is 0 Å². The molecule has 2 saturated carbocycles. The first-order valence-corrected chi connectivity index (χ1v) is 14.7. The Morgan fingerprint density at radius 1 is 0.650 bits per heavy atom. The molecule has 0 radical (unpaired) electrons. The van der Waals surface area contributed by atoms with Gasteiger partial charge in [-0.3, -0.25) is 0 Å². The lowest BCUT2D eigenvalue weighted by Gasteiger charge is -2.38. The van der Waals surface area contributed by atoms with Crippen LogP contribution in [0.15, 0.2) is 60.7 Å². The van der Waals surface area contributed by atoms with Gasteiger partial charge in [-0.05, 0) is 111 Å². The molecule has 2 aliphatic rings. The highest BCUT2D eigenvalue weighted by atomic mass is 19.2. The molecule has 1 N–H and O–H groups in total. The molecule has 40 heavy (non-hydrogen) atoms. The van der Waals surface area contributed by atoms with Crippen LogP contribution < -0.4 is 0 Å². The topological polar surface area (TPSA) is 20.2 Å². The van der Waals surface area contributed by atoms with Gasteiger partial charge in [0.15, 0.2) is 23.2 Å². The number of phenolic OH excluding ortho intramolecular Hbond substituents is 1. The Kier molecular flexibility index (Phi) is 8.97. The van der Waals surface area contributed by atoms with Gasteiger partial charge in [0.05, 0.1) is 0 Å². The zero-order valence-corrected chi connectivity index (χ0v) is 23.1. The van der Waals surface area contributed by atoms with Crippen LogP contribution in [0.1, 0.15) is 82.6 Å². The molecular formula is C35H38F4O. The molecule has 0 atom stereocenters. The molecule has 0 saturated heterocycles. The molecule has 3 aromatic rings. The highest BCUT2D eigenvalue weighted by Gasteiger charge is 2.32. The average molecular weight is 551 g/mol. The van der Waals surface area contributed by atoms with E-state index in [4.69, 9.17) is 0 Å². The lowest BCUT2D eigenvalue weighted by Crippen LogP contribution is -2.25. The van der Waals surface area contributed by atoms with Crippen molar-refractivity contribution in [1.29, 1.82) is 0 Å². The summed E-state index contributed by atoms with van der Waals surface area (Å²) in [5, 5.41) is 9.36. The highest BCUT2D eigenvalue weighted by molar-refractivity contribution is 5.71. The molecule has 0 aromatic heterocycles. The van der Waals surface area contributed by atoms with Gasteiger partial charge < -0.3 is 5.11 Å². The van der Waals surface area contributed by atoms with Gasteiger partial charge in [-0.1, -0.05) is 61.4 Å². The Morgan fingerprint density at radius 2 is 1.18 bits per heavy atom. The fraction of sp³-hybridized carbons (Fsp3) is 0.429. The number of hydrogen-bond acceptors (Lipinski definition) is 1. The molecule has 0 bridgehead atoms. The number of rotatable bonds is 7. The second-order valence-corrected chi connectivity index (χ2v) is 11.7. The smallest absolute Gasteiger partial charge is 0.200 e. The van der Waals surface area contributed by atoms with Crippen molar-refractivity contribution in [3.05, 3.63) is 89.5 Å². The molecule has 2 fully saturated rings. The third kappa shape index (κ3) is 5.99. The second kappa shape index (κ2) is 12.6. The predicted molar refractivity (Wildman–Crippen MR) is 153 cm³/mol. The van der Waals surface area contributed by atoms with Crippen LogP contribution in [0, 0.1) is 41.0 Å². The Labute approximate surface area is 235 Å². The van der Waals surface area contributed by atoms with Crippen molar-refractivity contribution in [2.75, 3.05) is 0 Å². The number of hydrogen-bond donors (Lipinski definition) is 1. The van der Waals surface area contributed by atoms with E-state index in [0.717, 1.165) is 43.6 Å². The van der Waals surface area contributed by atoms with E-state index in [9.17, 15) is 13.9 Å². The van der Waals surface area contributed by atoms with Gasteiger partial charge in [0, 0.05) is 11.1 Å². The lowest BCUT2D eigenvalue weighted by molar-refractivity contribution is 0.156. The zero-order valence-electron chi connectivity index (χ0n) is 23.1. The summed E-state index contributed by atoms with van der Waals surface area (Å²) in [6, 6.07) is 11.9. The summed E-state index contributed by atoms with van der Waals surface area (Å²) in [7, 11) is 0. The third-order valence-corrected chi connectivity index (χ3v) is 9.43. The lowest BCUT2D eigenvalue weighted by atomic mass is 9.68. The summed E-state index contributed by atoms with van der Waals surface area (Å²) in [5.41, 5.74) is 1.42. The fourth-order valence-electron chi connectivity index (χ4n) is 7.04. The maximum absolute atomic E-state index is 15.3. The number of halogens is 4. The van der Waals surface area contributed by atoms with Crippen LogP contribution >= 0.6 is 0 Å². The monoisotopic (exact) mass is 550 g/mol. The molecule has 2 aliphatic carbocycles. The molecule has 0 aliphatic heterocycles. The Balaban J connectivity index is 1.21. The molecule has 0 spiro atoms. The van der Waals surface area contributed by atoms with Crippen molar-refractivity contribution in [3.8, 4) is 28.0 Å². The van der Waals surface area contributed by atoms with Crippen LogP contribution in [0.4, 0.5) is 17.6 Å². The Bertz CT molecular complexity index is 1330. The SMILES string of the molecule is C/C=C/CCC1CCC(C2CCC(c3ccc(-c4ccc(-c5ccc(O)c(F)c5F)cc4)c(F)c3F)CC2)CC1. The Morgan fingerprint density at radius 3 is 1.75 bits per heavy atom. The van der Waals surface area contributed by atoms with Gasteiger partial charge >= 0.3 is 0 Å². The van der Waals surface area contributed by atoms with Gasteiger partial charge in [-0.2, -0.15) is 4.39 Å². The van der Waals surface area contributed by atoms with E-state index in [0.29, 0.717) is 22.6 Å². The summed E-state index contributed by atoms with van der Waals surface area (Å²) in [4.78, 5) is 0. The molecule has 1 nitrogen and oxygen atoms in total. The first-order valence-electron chi connectivity index (χ1n) is 14.7. The second-order valence-electron chi connectivity index (χ2n) is 11.7. The molecule has 5 rings (SSSR count). The molecule has 0 unspecified atom stereocenters. The number of aromatic hydroxyl groups is 1. The van der Waals surface area contributed by atoms with E-state index in [2.05, 4.69) is 19.1 Å². The van der Waals surface area contributed by atoms with Gasteiger partial charge in [0.2, 0.25) is 5.82 Å². The van der Waals surface area contributed by atoms with Crippen molar-refractivity contribution < 1.29 is 22.7 Å². The predicted octanol–water partition coefficient (Wildman–Crippen LogP) is 10.7. The summed E-state index contributed by atoms with van der Waals surface area (Å²) in [5.74, 6) is -2.52. The number of allylic oxidation sites excluding steroid dienone is 2. The van der Waals surface area contributed by atoms with Crippen LogP contribution in [-0.4, -0.2) is 5.11 Å².